The third-order valence-corrected chi connectivity index (χ3v) is 4.09. The first-order valence-electron chi connectivity index (χ1n) is 6.67. The van der Waals surface area contributed by atoms with E-state index in [1.807, 2.05) is 41.8 Å². The highest BCUT2D eigenvalue weighted by atomic mass is 32.1. The highest BCUT2D eigenvalue weighted by Gasteiger charge is 2.25. The molecule has 4 nitrogen and oxygen atoms in total. The molecule has 1 heterocycles. The molecular formula is C16H17NO3S. The summed E-state index contributed by atoms with van der Waals surface area (Å²) in [6, 6.07) is 10.6. The van der Waals surface area contributed by atoms with Crippen LogP contribution in [0.25, 0.3) is 11.1 Å². The quantitative estimate of drug-likeness (QED) is 0.891. The third-order valence-electron chi connectivity index (χ3n) is 3.18. The standard InChI is InChI=1S/C16H17NO3S/c1-10(2)13(16(19)20)17-15(18)14-12(8-9-21-14)11-6-4-3-5-7-11/h3-10,13H,1-2H3,(H,17,18)(H,19,20)/t13-/m0/s1. The average Bonchev–Trinajstić information content (AvgIpc) is 2.94. The summed E-state index contributed by atoms with van der Waals surface area (Å²) >= 11 is 1.31. The second-order valence-corrected chi connectivity index (χ2v) is 5.98. The maximum atomic E-state index is 12.4. The van der Waals surface area contributed by atoms with E-state index in [0.717, 1.165) is 11.1 Å². The summed E-state index contributed by atoms with van der Waals surface area (Å²) in [5, 5.41) is 13.6. The number of amides is 1. The summed E-state index contributed by atoms with van der Waals surface area (Å²) < 4.78 is 0. The summed E-state index contributed by atoms with van der Waals surface area (Å²) in [5.41, 5.74) is 1.77. The summed E-state index contributed by atoms with van der Waals surface area (Å²) in [5.74, 6) is -1.53. The van der Waals surface area contributed by atoms with Crippen molar-refractivity contribution in [2.24, 2.45) is 5.92 Å². The van der Waals surface area contributed by atoms with Gasteiger partial charge in [0.1, 0.15) is 6.04 Å². The summed E-state index contributed by atoms with van der Waals surface area (Å²) in [6.45, 7) is 3.54. The van der Waals surface area contributed by atoms with E-state index in [9.17, 15) is 9.59 Å². The number of carboxylic acid groups (broad SMARTS) is 1. The molecule has 1 aromatic heterocycles. The summed E-state index contributed by atoms with van der Waals surface area (Å²) in [7, 11) is 0. The van der Waals surface area contributed by atoms with Crippen LogP contribution in [0.2, 0.25) is 0 Å². The molecule has 1 atom stereocenters. The molecule has 1 amide bonds. The van der Waals surface area contributed by atoms with Gasteiger partial charge in [0.05, 0.1) is 4.88 Å². The van der Waals surface area contributed by atoms with Crippen LogP contribution in [0.15, 0.2) is 41.8 Å². The summed E-state index contributed by atoms with van der Waals surface area (Å²) in [4.78, 5) is 24.1. The Kier molecular flexibility index (Phi) is 4.75. The van der Waals surface area contributed by atoms with Crippen molar-refractivity contribution in [2.75, 3.05) is 0 Å². The van der Waals surface area contributed by atoms with Crippen molar-refractivity contribution in [2.45, 2.75) is 19.9 Å². The predicted octanol–water partition coefficient (Wildman–Crippen LogP) is 3.25. The van der Waals surface area contributed by atoms with Gasteiger partial charge in [-0.3, -0.25) is 4.79 Å². The van der Waals surface area contributed by atoms with Crippen LogP contribution in [0.1, 0.15) is 23.5 Å². The van der Waals surface area contributed by atoms with Crippen molar-refractivity contribution >= 4 is 23.2 Å². The van der Waals surface area contributed by atoms with Crippen LogP contribution < -0.4 is 5.32 Å². The van der Waals surface area contributed by atoms with Crippen LogP contribution >= 0.6 is 11.3 Å². The number of hydrogen-bond acceptors (Lipinski definition) is 3. The lowest BCUT2D eigenvalue weighted by Crippen LogP contribution is -2.44. The van der Waals surface area contributed by atoms with E-state index in [0.29, 0.717) is 4.88 Å². The van der Waals surface area contributed by atoms with E-state index in [1.165, 1.54) is 11.3 Å². The van der Waals surface area contributed by atoms with Gasteiger partial charge in [-0.2, -0.15) is 0 Å². The molecule has 0 aliphatic rings. The van der Waals surface area contributed by atoms with Crippen LogP contribution in [0.3, 0.4) is 0 Å². The number of carbonyl (C=O) groups is 2. The number of rotatable bonds is 5. The highest BCUT2D eigenvalue weighted by molar-refractivity contribution is 7.12. The van der Waals surface area contributed by atoms with Crippen molar-refractivity contribution in [1.29, 1.82) is 0 Å². The number of nitrogens with one attached hydrogen (secondary N) is 1. The van der Waals surface area contributed by atoms with Crippen LogP contribution in [0.4, 0.5) is 0 Å². The largest absolute Gasteiger partial charge is 0.480 e. The molecule has 110 valence electrons. The number of aliphatic carboxylic acids is 1. The molecule has 0 spiro atoms. The minimum atomic E-state index is -1.02. The molecule has 0 unspecified atom stereocenters. The van der Waals surface area contributed by atoms with E-state index < -0.39 is 12.0 Å². The van der Waals surface area contributed by atoms with Crippen LogP contribution in [-0.4, -0.2) is 23.0 Å². The maximum absolute atomic E-state index is 12.4. The van der Waals surface area contributed by atoms with Gasteiger partial charge in [0.2, 0.25) is 0 Å². The predicted molar refractivity (Wildman–Crippen MR) is 83.5 cm³/mol. The molecular weight excluding hydrogens is 286 g/mol. The smallest absolute Gasteiger partial charge is 0.326 e. The molecule has 1 aromatic carbocycles. The van der Waals surface area contributed by atoms with Crippen molar-refractivity contribution in [3.05, 3.63) is 46.7 Å². The number of carboxylic acids is 1. The number of thiophene rings is 1. The van der Waals surface area contributed by atoms with Gasteiger partial charge >= 0.3 is 5.97 Å². The van der Waals surface area contributed by atoms with E-state index in [2.05, 4.69) is 5.32 Å². The first-order valence-corrected chi connectivity index (χ1v) is 7.55. The zero-order valence-electron chi connectivity index (χ0n) is 11.9. The normalized spacial score (nSPS) is 12.1. The van der Waals surface area contributed by atoms with Crippen molar-refractivity contribution < 1.29 is 14.7 Å². The van der Waals surface area contributed by atoms with Gasteiger partial charge in [-0.15, -0.1) is 11.3 Å². The minimum Gasteiger partial charge on any atom is -0.480 e. The second-order valence-electron chi connectivity index (χ2n) is 5.06. The number of hydrogen-bond donors (Lipinski definition) is 2. The van der Waals surface area contributed by atoms with E-state index in [1.54, 1.807) is 13.8 Å². The van der Waals surface area contributed by atoms with Gasteiger partial charge in [0.15, 0.2) is 0 Å². The Morgan fingerprint density at radius 3 is 2.38 bits per heavy atom. The van der Waals surface area contributed by atoms with Crippen molar-refractivity contribution in [3.8, 4) is 11.1 Å². The molecule has 2 aromatic rings. The lowest BCUT2D eigenvalue weighted by molar-refractivity contribution is -0.140. The molecule has 2 rings (SSSR count). The Hall–Kier alpha value is -2.14. The molecule has 0 saturated heterocycles. The van der Waals surface area contributed by atoms with E-state index in [4.69, 9.17) is 5.11 Å². The van der Waals surface area contributed by atoms with E-state index >= 15 is 0 Å². The first-order chi connectivity index (χ1) is 10.0. The Morgan fingerprint density at radius 1 is 1.14 bits per heavy atom. The summed E-state index contributed by atoms with van der Waals surface area (Å²) in [6.07, 6.45) is 0. The SMILES string of the molecule is CC(C)[C@H](NC(=O)c1sccc1-c1ccccc1)C(=O)O. The van der Waals surface area contributed by atoms with Gasteiger partial charge in [-0.25, -0.2) is 4.79 Å². The van der Waals surface area contributed by atoms with Crippen molar-refractivity contribution in [3.63, 3.8) is 0 Å². The Labute approximate surface area is 127 Å². The average molecular weight is 303 g/mol. The maximum Gasteiger partial charge on any atom is 0.326 e. The Balaban J connectivity index is 2.25. The Morgan fingerprint density at radius 2 is 1.81 bits per heavy atom. The van der Waals surface area contributed by atoms with Gasteiger partial charge in [0, 0.05) is 5.56 Å². The molecule has 5 heteroatoms. The number of carbonyl (C=O) groups excluding carboxylic acids is 1. The molecule has 0 radical (unpaired) electrons. The lowest BCUT2D eigenvalue weighted by atomic mass is 10.0. The van der Waals surface area contributed by atoms with Gasteiger partial charge in [-0.1, -0.05) is 44.2 Å². The third kappa shape index (κ3) is 3.49. The van der Waals surface area contributed by atoms with Crippen LogP contribution in [-0.2, 0) is 4.79 Å². The zero-order chi connectivity index (χ0) is 15.4. The fourth-order valence-electron chi connectivity index (χ4n) is 2.05. The van der Waals surface area contributed by atoms with Crippen LogP contribution in [0.5, 0.6) is 0 Å². The molecule has 0 saturated carbocycles. The molecule has 0 aliphatic carbocycles. The topological polar surface area (TPSA) is 66.4 Å². The van der Waals surface area contributed by atoms with E-state index in [-0.39, 0.29) is 11.8 Å². The molecule has 0 bridgehead atoms. The van der Waals surface area contributed by atoms with Crippen molar-refractivity contribution in [1.82, 2.24) is 5.32 Å². The fourth-order valence-corrected chi connectivity index (χ4v) is 2.87. The minimum absolute atomic E-state index is 0.174. The van der Waals surface area contributed by atoms with Gasteiger partial charge in [-0.05, 0) is 22.9 Å². The fraction of sp³-hybridized carbons (Fsp3) is 0.250. The lowest BCUT2D eigenvalue weighted by Gasteiger charge is -2.17. The molecule has 21 heavy (non-hydrogen) atoms. The molecule has 2 N–H and O–H groups in total. The van der Waals surface area contributed by atoms with Gasteiger partial charge < -0.3 is 10.4 Å². The van der Waals surface area contributed by atoms with Crippen LogP contribution in [0, 0.1) is 5.92 Å². The number of benzene rings is 1. The highest BCUT2D eigenvalue weighted by Crippen LogP contribution is 2.28. The first kappa shape index (κ1) is 15.3. The monoisotopic (exact) mass is 303 g/mol. The second kappa shape index (κ2) is 6.54. The van der Waals surface area contributed by atoms with Gasteiger partial charge in [0.25, 0.3) is 5.91 Å². The molecule has 0 fully saturated rings. The zero-order valence-corrected chi connectivity index (χ0v) is 12.7. The Bertz CT molecular complexity index is 634. The molecule has 0 aliphatic heterocycles.